The van der Waals surface area contributed by atoms with E-state index in [-0.39, 0.29) is 35.3 Å². The van der Waals surface area contributed by atoms with E-state index in [9.17, 15) is 19.3 Å². The lowest BCUT2D eigenvalue weighted by atomic mass is 10.2. The lowest BCUT2D eigenvalue weighted by molar-refractivity contribution is -0.384. The second-order valence-electron chi connectivity index (χ2n) is 4.92. The minimum absolute atomic E-state index is 0.00133. The van der Waals surface area contributed by atoms with Crippen LogP contribution in [0.5, 0.6) is 0 Å². The van der Waals surface area contributed by atoms with Gasteiger partial charge in [0, 0.05) is 31.6 Å². The van der Waals surface area contributed by atoms with E-state index in [0.29, 0.717) is 12.5 Å². The second kappa shape index (κ2) is 7.78. The molecule has 0 aliphatic heterocycles. The number of rotatable bonds is 7. The zero-order valence-electron chi connectivity index (χ0n) is 11.8. The Labute approximate surface area is 126 Å². The third-order valence-corrected chi connectivity index (χ3v) is 2.90. The molecule has 0 aliphatic carbocycles. The lowest BCUT2D eigenvalue weighted by Gasteiger charge is -2.09. The first-order chi connectivity index (χ1) is 9.81. The minimum Gasteiger partial charge on any atom is -0.379 e. The molecule has 21 heavy (non-hydrogen) atoms. The summed E-state index contributed by atoms with van der Waals surface area (Å²) in [6.45, 7) is 4.66. The highest BCUT2D eigenvalue weighted by molar-refractivity contribution is 6.31. The maximum absolute atomic E-state index is 13.3. The fourth-order valence-electron chi connectivity index (χ4n) is 1.55. The molecule has 0 saturated carbocycles. The molecule has 0 saturated heterocycles. The Balaban J connectivity index is 2.61. The van der Waals surface area contributed by atoms with Gasteiger partial charge < -0.3 is 10.6 Å². The first-order valence-corrected chi connectivity index (χ1v) is 6.83. The Hall–Kier alpha value is -1.89. The number of hydrogen-bond donors (Lipinski definition) is 2. The summed E-state index contributed by atoms with van der Waals surface area (Å²) in [6.07, 6.45) is 0.133. The number of carbonyl (C=O) groups is 1. The van der Waals surface area contributed by atoms with Crippen molar-refractivity contribution in [1.29, 1.82) is 0 Å². The van der Waals surface area contributed by atoms with E-state index in [1.54, 1.807) is 0 Å². The number of carbonyl (C=O) groups excluding carboxylic acids is 1. The molecule has 0 spiro atoms. The standard InChI is InChI=1S/C13H17ClFN3O3/c1-8(2)7-17-13(19)3-4-16-11-6-10(15)9(14)5-12(11)18(20)21/h5-6,8,16H,3-4,7H2,1-2H3,(H,17,19). The van der Waals surface area contributed by atoms with E-state index in [2.05, 4.69) is 10.6 Å². The molecule has 0 unspecified atom stereocenters. The van der Waals surface area contributed by atoms with E-state index in [0.717, 1.165) is 12.1 Å². The molecule has 1 rings (SSSR count). The predicted molar refractivity (Wildman–Crippen MR) is 79.0 cm³/mol. The zero-order chi connectivity index (χ0) is 16.0. The van der Waals surface area contributed by atoms with E-state index in [4.69, 9.17) is 11.6 Å². The number of halogens is 2. The summed E-state index contributed by atoms with van der Waals surface area (Å²) in [4.78, 5) is 21.7. The van der Waals surface area contributed by atoms with E-state index < -0.39 is 10.7 Å². The van der Waals surface area contributed by atoms with Gasteiger partial charge in [0.1, 0.15) is 11.5 Å². The van der Waals surface area contributed by atoms with Crippen LogP contribution in [0.3, 0.4) is 0 Å². The van der Waals surface area contributed by atoms with Crippen LogP contribution >= 0.6 is 11.6 Å². The molecule has 1 aromatic rings. The van der Waals surface area contributed by atoms with Crippen molar-refractivity contribution in [2.45, 2.75) is 20.3 Å². The van der Waals surface area contributed by atoms with Gasteiger partial charge in [0.2, 0.25) is 5.91 Å². The van der Waals surface area contributed by atoms with E-state index in [1.807, 2.05) is 13.8 Å². The van der Waals surface area contributed by atoms with Crippen LogP contribution in [-0.2, 0) is 4.79 Å². The van der Waals surface area contributed by atoms with Crippen molar-refractivity contribution < 1.29 is 14.1 Å². The Kier molecular flexibility index (Phi) is 6.36. The Morgan fingerprint density at radius 3 is 2.71 bits per heavy atom. The number of nitro groups is 1. The van der Waals surface area contributed by atoms with Crippen LogP contribution in [0.4, 0.5) is 15.8 Å². The zero-order valence-corrected chi connectivity index (χ0v) is 12.5. The van der Waals surface area contributed by atoms with Crippen LogP contribution in [0.25, 0.3) is 0 Å². The van der Waals surface area contributed by atoms with E-state index >= 15 is 0 Å². The van der Waals surface area contributed by atoms with Crippen molar-refractivity contribution >= 4 is 28.9 Å². The molecule has 0 aromatic heterocycles. The maximum Gasteiger partial charge on any atom is 0.294 e. The van der Waals surface area contributed by atoms with Crippen LogP contribution in [0.2, 0.25) is 5.02 Å². The Morgan fingerprint density at radius 2 is 2.14 bits per heavy atom. The van der Waals surface area contributed by atoms with Gasteiger partial charge in [-0.1, -0.05) is 25.4 Å². The minimum atomic E-state index is -0.756. The van der Waals surface area contributed by atoms with Crippen molar-refractivity contribution in [3.8, 4) is 0 Å². The highest BCUT2D eigenvalue weighted by Crippen LogP contribution is 2.30. The maximum atomic E-state index is 13.3. The second-order valence-corrected chi connectivity index (χ2v) is 5.32. The Morgan fingerprint density at radius 1 is 1.48 bits per heavy atom. The van der Waals surface area contributed by atoms with Gasteiger partial charge >= 0.3 is 0 Å². The number of hydrogen-bond acceptors (Lipinski definition) is 4. The summed E-state index contributed by atoms with van der Waals surface area (Å²) in [7, 11) is 0. The van der Waals surface area contributed by atoms with Crippen molar-refractivity contribution in [2.24, 2.45) is 5.92 Å². The fraction of sp³-hybridized carbons (Fsp3) is 0.462. The van der Waals surface area contributed by atoms with Crippen molar-refractivity contribution in [3.63, 3.8) is 0 Å². The summed E-state index contributed by atoms with van der Waals surface area (Å²) in [5.41, 5.74) is -0.331. The van der Waals surface area contributed by atoms with Gasteiger partial charge in [-0.05, 0) is 5.92 Å². The molecular formula is C13H17ClFN3O3. The van der Waals surface area contributed by atoms with Gasteiger partial charge in [-0.15, -0.1) is 0 Å². The molecule has 1 amide bonds. The van der Waals surface area contributed by atoms with Crippen molar-refractivity contribution in [3.05, 3.63) is 33.1 Å². The molecule has 8 heteroatoms. The number of anilines is 1. The van der Waals surface area contributed by atoms with Crippen LogP contribution in [-0.4, -0.2) is 23.9 Å². The normalized spacial score (nSPS) is 10.5. The molecule has 6 nitrogen and oxygen atoms in total. The molecule has 0 bridgehead atoms. The molecule has 0 aliphatic rings. The van der Waals surface area contributed by atoms with Gasteiger partial charge in [0.25, 0.3) is 5.69 Å². The largest absolute Gasteiger partial charge is 0.379 e. The number of amides is 1. The molecule has 0 atom stereocenters. The van der Waals surface area contributed by atoms with Gasteiger partial charge in [0.15, 0.2) is 0 Å². The third-order valence-electron chi connectivity index (χ3n) is 2.61. The average molecular weight is 318 g/mol. The highest BCUT2D eigenvalue weighted by atomic mass is 35.5. The first-order valence-electron chi connectivity index (χ1n) is 6.45. The van der Waals surface area contributed by atoms with Crippen molar-refractivity contribution in [2.75, 3.05) is 18.4 Å². The summed E-state index contributed by atoms with van der Waals surface area (Å²) in [5.74, 6) is -0.587. The van der Waals surface area contributed by atoms with Crippen LogP contribution < -0.4 is 10.6 Å². The topological polar surface area (TPSA) is 84.3 Å². The molecule has 2 N–H and O–H groups in total. The summed E-state index contributed by atoms with van der Waals surface area (Å²) in [6, 6.07) is 1.89. The lowest BCUT2D eigenvalue weighted by Crippen LogP contribution is -2.28. The van der Waals surface area contributed by atoms with Gasteiger partial charge in [-0.3, -0.25) is 14.9 Å². The quantitative estimate of drug-likeness (QED) is 0.598. The van der Waals surface area contributed by atoms with Gasteiger partial charge in [-0.25, -0.2) is 4.39 Å². The smallest absolute Gasteiger partial charge is 0.294 e. The molecule has 0 fully saturated rings. The number of nitrogens with zero attached hydrogens (tertiary/aromatic N) is 1. The van der Waals surface area contributed by atoms with Crippen LogP contribution in [0.15, 0.2) is 12.1 Å². The summed E-state index contributed by atoms with van der Waals surface area (Å²) < 4.78 is 13.3. The average Bonchev–Trinajstić information content (AvgIpc) is 2.39. The van der Waals surface area contributed by atoms with Gasteiger partial charge in [-0.2, -0.15) is 0 Å². The number of nitrogens with one attached hydrogen (secondary N) is 2. The third kappa shape index (κ3) is 5.55. The van der Waals surface area contributed by atoms with Crippen LogP contribution in [0, 0.1) is 21.8 Å². The van der Waals surface area contributed by atoms with Gasteiger partial charge in [0.05, 0.1) is 9.95 Å². The van der Waals surface area contributed by atoms with Crippen molar-refractivity contribution in [1.82, 2.24) is 5.32 Å². The first kappa shape index (κ1) is 17.2. The van der Waals surface area contributed by atoms with Crippen LogP contribution in [0.1, 0.15) is 20.3 Å². The number of benzene rings is 1. The van der Waals surface area contributed by atoms with E-state index in [1.165, 1.54) is 0 Å². The highest BCUT2D eigenvalue weighted by Gasteiger charge is 2.17. The SMILES string of the molecule is CC(C)CNC(=O)CCNc1cc(F)c(Cl)cc1[N+](=O)[O-]. The molecule has 0 radical (unpaired) electrons. The monoisotopic (exact) mass is 317 g/mol. The summed E-state index contributed by atoms with van der Waals surface area (Å²) >= 11 is 5.51. The Bertz CT molecular complexity index is 538. The number of nitro benzene ring substituents is 1. The summed E-state index contributed by atoms with van der Waals surface area (Å²) in [5, 5.41) is 15.9. The predicted octanol–water partition coefficient (Wildman–Crippen LogP) is 2.96. The molecule has 116 valence electrons. The molecule has 1 aromatic carbocycles. The molecular weight excluding hydrogens is 301 g/mol. The molecule has 0 heterocycles. The fourth-order valence-corrected chi connectivity index (χ4v) is 1.70.